The van der Waals surface area contributed by atoms with Crippen molar-refractivity contribution in [2.24, 2.45) is 0 Å². The fourth-order valence-electron chi connectivity index (χ4n) is 1.43. The lowest BCUT2D eigenvalue weighted by molar-refractivity contribution is 0.0272. The molecule has 1 aromatic heterocycles. The summed E-state index contributed by atoms with van der Waals surface area (Å²) in [7, 11) is -3.45. The summed E-state index contributed by atoms with van der Waals surface area (Å²) in [5, 5.41) is 1.67. The lowest BCUT2D eigenvalue weighted by atomic mass is 10.4. The third kappa shape index (κ3) is 3.27. The first kappa shape index (κ1) is 13.4. The van der Waals surface area contributed by atoms with E-state index in [1.165, 1.54) is 11.3 Å². The molecular formula is C9H13BrN2O3S2. The van der Waals surface area contributed by atoms with Crippen molar-refractivity contribution in [2.75, 3.05) is 26.3 Å². The largest absolute Gasteiger partial charge is 0.379 e. The maximum Gasteiger partial charge on any atom is 0.262 e. The van der Waals surface area contributed by atoms with E-state index in [0.717, 1.165) is 9.35 Å². The van der Waals surface area contributed by atoms with Gasteiger partial charge >= 0.3 is 0 Å². The van der Waals surface area contributed by atoms with Gasteiger partial charge in [0.1, 0.15) is 4.21 Å². The third-order valence-electron chi connectivity index (χ3n) is 2.36. The van der Waals surface area contributed by atoms with E-state index in [2.05, 4.69) is 20.8 Å². The minimum atomic E-state index is -3.45. The van der Waals surface area contributed by atoms with Gasteiger partial charge in [0, 0.05) is 13.1 Å². The van der Waals surface area contributed by atoms with Crippen molar-refractivity contribution in [3.05, 3.63) is 15.4 Å². The van der Waals surface area contributed by atoms with Crippen LogP contribution in [-0.2, 0) is 14.8 Å². The second-order valence-corrected chi connectivity index (χ2v) is 7.97. The van der Waals surface area contributed by atoms with Crippen LogP contribution in [0.4, 0.5) is 0 Å². The first-order valence-corrected chi connectivity index (χ1v) is 8.19. The molecule has 0 bridgehead atoms. The van der Waals surface area contributed by atoms with Crippen LogP contribution in [0.15, 0.2) is 14.1 Å². The van der Waals surface area contributed by atoms with E-state index in [0.29, 0.717) is 30.5 Å². The van der Waals surface area contributed by atoms with Gasteiger partial charge in [0.25, 0.3) is 10.0 Å². The fourth-order valence-corrected chi connectivity index (χ4v) is 4.77. The second kappa shape index (κ2) is 5.33. The average Bonchev–Trinajstić information content (AvgIpc) is 2.61. The Morgan fingerprint density at radius 3 is 2.65 bits per heavy atom. The highest BCUT2D eigenvalue weighted by Gasteiger charge is 2.22. The van der Waals surface area contributed by atoms with Crippen molar-refractivity contribution in [3.63, 3.8) is 0 Å². The van der Waals surface area contributed by atoms with Gasteiger partial charge in [0.05, 0.1) is 17.0 Å². The van der Waals surface area contributed by atoms with E-state index in [1.54, 1.807) is 11.1 Å². The van der Waals surface area contributed by atoms with E-state index in [4.69, 9.17) is 4.74 Å². The van der Waals surface area contributed by atoms with Gasteiger partial charge in [-0.25, -0.2) is 13.4 Å². The SMILES string of the molecule is Cc1cc(S(=O)(=O)NN2CCOCC2)sc1Br. The molecule has 0 spiro atoms. The van der Waals surface area contributed by atoms with Crippen molar-refractivity contribution in [2.45, 2.75) is 11.1 Å². The van der Waals surface area contributed by atoms with Crippen molar-refractivity contribution >= 4 is 37.3 Å². The number of hydrazine groups is 1. The summed E-state index contributed by atoms with van der Waals surface area (Å²) in [5.74, 6) is 0. The van der Waals surface area contributed by atoms with E-state index in [1.807, 2.05) is 6.92 Å². The molecule has 96 valence electrons. The minimum Gasteiger partial charge on any atom is -0.379 e. The molecule has 1 aromatic rings. The number of halogens is 1. The summed E-state index contributed by atoms with van der Waals surface area (Å²) >= 11 is 4.54. The zero-order valence-electron chi connectivity index (χ0n) is 9.27. The lowest BCUT2D eigenvalue weighted by Crippen LogP contribution is -2.48. The standard InChI is InChI=1S/C9H13BrN2O3S2/c1-7-6-8(16-9(7)10)17(13,14)11-12-2-4-15-5-3-12/h6,11H,2-5H2,1H3. The number of ether oxygens (including phenoxy) is 1. The van der Waals surface area contributed by atoms with Crippen LogP contribution in [0.1, 0.15) is 5.56 Å². The monoisotopic (exact) mass is 340 g/mol. The molecule has 17 heavy (non-hydrogen) atoms. The number of rotatable bonds is 3. The van der Waals surface area contributed by atoms with Crippen LogP contribution in [0.3, 0.4) is 0 Å². The minimum absolute atomic E-state index is 0.327. The van der Waals surface area contributed by atoms with Gasteiger partial charge in [-0.3, -0.25) is 0 Å². The van der Waals surface area contributed by atoms with Crippen molar-refractivity contribution in [3.8, 4) is 0 Å². The summed E-state index contributed by atoms with van der Waals surface area (Å²) in [6.45, 7) is 4.12. The smallest absolute Gasteiger partial charge is 0.262 e. The van der Waals surface area contributed by atoms with Crippen LogP contribution >= 0.6 is 27.3 Å². The maximum absolute atomic E-state index is 12.1. The second-order valence-electron chi connectivity index (χ2n) is 3.72. The van der Waals surface area contributed by atoms with Crippen LogP contribution in [0.2, 0.25) is 0 Å². The molecule has 1 aliphatic rings. The summed E-state index contributed by atoms with van der Waals surface area (Å²) in [6.07, 6.45) is 0. The first-order valence-electron chi connectivity index (χ1n) is 5.10. The molecule has 1 saturated heterocycles. The molecule has 0 saturated carbocycles. The Morgan fingerprint density at radius 1 is 1.47 bits per heavy atom. The predicted octanol–water partition coefficient (Wildman–Crippen LogP) is 1.34. The Hall–Kier alpha value is 0.01000. The number of hydrogen-bond donors (Lipinski definition) is 1. The number of nitrogens with one attached hydrogen (secondary N) is 1. The molecule has 0 amide bonds. The Kier molecular flexibility index (Phi) is 4.22. The lowest BCUT2D eigenvalue weighted by Gasteiger charge is -2.26. The highest BCUT2D eigenvalue weighted by Crippen LogP contribution is 2.30. The summed E-state index contributed by atoms with van der Waals surface area (Å²) in [4.78, 5) is 2.57. The fraction of sp³-hybridized carbons (Fsp3) is 0.556. The third-order valence-corrected chi connectivity index (χ3v) is 6.35. The van der Waals surface area contributed by atoms with Gasteiger partial charge in [0.15, 0.2) is 0 Å². The van der Waals surface area contributed by atoms with Crippen LogP contribution in [0.5, 0.6) is 0 Å². The molecule has 0 radical (unpaired) electrons. The van der Waals surface area contributed by atoms with Gasteiger partial charge in [-0.2, -0.15) is 0 Å². The van der Waals surface area contributed by atoms with Crippen molar-refractivity contribution in [1.29, 1.82) is 0 Å². The molecule has 2 heterocycles. The highest BCUT2D eigenvalue weighted by molar-refractivity contribution is 9.11. The molecule has 1 fully saturated rings. The Bertz CT molecular complexity index is 475. The topological polar surface area (TPSA) is 58.6 Å². The van der Waals surface area contributed by atoms with Crippen molar-refractivity contribution < 1.29 is 13.2 Å². The van der Waals surface area contributed by atoms with Gasteiger partial charge < -0.3 is 4.74 Å². The van der Waals surface area contributed by atoms with Gasteiger partial charge in [-0.15, -0.1) is 16.2 Å². The summed E-state index contributed by atoms with van der Waals surface area (Å²) in [6, 6.07) is 1.66. The van der Waals surface area contributed by atoms with E-state index < -0.39 is 10.0 Å². The Balaban J connectivity index is 2.12. The van der Waals surface area contributed by atoms with Gasteiger partial charge in [-0.05, 0) is 34.5 Å². The Morgan fingerprint density at radius 2 is 2.12 bits per heavy atom. The van der Waals surface area contributed by atoms with Gasteiger partial charge in [-0.1, -0.05) is 0 Å². The van der Waals surface area contributed by atoms with E-state index in [9.17, 15) is 8.42 Å². The Labute approximate surface area is 113 Å². The molecule has 0 aliphatic carbocycles. The molecule has 5 nitrogen and oxygen atoms in total. The van der Waals surface area contributed by atoms with Crippen LogP contribution in [0, 0.1) is 6.92 Å². The van der Waals surface area contributed by atoms with E-state index in [-0.39, 0.29) is 0 Å². The molecule has 0 unspecified atom stereocenters. The number of nitrogens with zero attached hydrogens (tertiary/aromatic N) is 1. The average molecular weight is 341 g/mol. The van der Waals surface area contributed by atoms with Crippen LogP contribution in [-0.4, -0.2) is 39.7 Å². The zero-order valence-corrected chi connectivity index (χ0v) is 12.5. The quantitative estimate of drug-likeness (QED) is 0.902. The van der Waals surface area contributed by atoms with E-state index >= 15 is 0 Å². The van der Waals surface area contributed by atoms with Crippen molar-refractivity contribution in [1.82, 2.24) is 9.84 Å². The van der Waals surface area contributed by atoms with Crippen LogP contribution < -0.4 is 4.83 Å². The molecule has 2 rings (SSSR count). The molecule has 8 heteroatoms. The number of sulfonamides is 1. The zero-order chi connectivity index (χ0) is 12.5. The first-order chi connectivity index (χ1) is 7.99. The summed E-state index contributed by atoms with van der Waals surface area (Å²) < 4.78 is 30.5. The highest BCUT2D eigenvalue weighted by atomic mass is 79.9. The maximum atomic E-state index is 12.1. The number of aryl methyl sites for hydroxylation is 1. The summed E-state index contributed by atoms with van der Waals surface area (Å²) in [5.41, 5.74) is 0.928. The molecule has 0 aromatic carbocycles. The molecule has 0 atom stereocenters. The van der Waals surface area contributed by atoms with Gasteiger partial charge in [0.2, 0.25) is 0 Å². The molecular weight excluding hydrogens is 328 g/mol. The van der Waals surface area contributed by atoms with Crippen LogP contribution in [0.25, 0.3) is 0 Å². The predicted molar refractivity (Wildman–Crippen MR) is 69.5 cm³/mol. The normalized spacial score (nSPS) is 18.5. The molecule has 1 aliphatic heterocycles. The number of morpholine rings is 1. The number of thiophene rings is 1. The molecule has 1 N–H and O–H groups in total. The number of hydrogen-bond acceptors (Lipinski definition) is 5.